The van der Waals surface area contributed by atoms with Crippen molar-refractivity contribution in [2.24, 2.45) is 5.92 Å². The van der Waals surface area contributed by atoms with Crippen LogP contribution in [0.1, 0.15) is 12.8 Å². The zero-order valence-electron chi connectivity index (χ0n) is 14.5. The number of carbonyl (C=O) groups is 1. The fourth-order valence-electron chi connectivity index (χ4n) is 3.03. The van der Waals surface area contributed by atoms with Crippen LogP contribution in [0.2, 0.25) is 0 Å². The summed E-state index contributed by atoms with van der Waals surface area (Å²) in [5.74, 6) is 2.13. The highest BCUT2D eigenvalue weighted by Gasteiger charge is 2.26. The zero-order chi connectivity index (χ0) is 17.6. The number of hydrogen-bond donors (Lipinski definition) is 2. The number of piperidine rings is 1. The van der Waals surface area contributed by atoms with Gasteiger partial charge in [0.15, 0.2) is 0 Å². The Morgan fingerprint density at radius 2 is 2.16 bits per heavy atom. The highest BCUT2D eigenvalue weighted by Crippen LogP contribution is 2.27. The number of nitrogens with one attached hydrogen (secondary N) is 2. The first-order chi connectivity index (χ1) is 12.2. The average Bonchev–Trinajstić information content (AvgIpc) is 2.68. The van der Waals surface area contributed by atoms with Crippen molar-refractivity contribution in [2.45, 2.75) is 12.8 Å². The van der Waals surface area contributed by atoms with Gasteiger partial charge in [-0.1, -0.05) is 12.1 Å². The quantitative estimate of drug-likeness (QED) is 0.868. The van der Waals surface area contributed by atoms with Gasteiger partial charge in [-0.25, -0.2) is 4.98 Å². The van der Waals surface area contributed by atoms with E-state index in [1.807, 2.05) is 30.3 Å². The molecule has 1 saturated heterocycles. The molecule has 3 rings (SSSR count). The van der Waals surface area contributed by atoms with Crippen molar-refractivity contribution in [3.8, 4) is 5.75 Å². The minimum absolute atomic E-state index is 0.0202. The topological polar surface area (TPSA) is 79.4 Å². The molecule has 1 fully saturated rings. The molecule has 0 radical (unpaired) electrons. The van der Waals surface area contributed by atoms with E-state index in [4.69, 9.17) is 4.74 Å². The maximum atomic E-state index is 11.9. The third-order valence-electron chi connectivity index (χ3n) is 4.33. The Bertz CT molecular complexity index is 737. The molecule has 1 unspecified atom stereocenters. The second-order valence-corrected chi connectivity index (χ2v) is 5.97. The predicted molar refractivity (Wildman–Crippen MR) is 97.3 cm³/mol. The smallest absolute Gasteiger partial charge is 0.227 e. The van der Waals surface area contributed by atoms with E-state index in [0.29, 0.717) is 18.3 Å². The third-order valence-corrected chi connectivity index (χ3v) is 4.33. The largest absolute Gasteiger partial charge is 0.495 e. The molecular weight excluding hydrogens is 318 g/mol. The standard InChI is InChI=1S/C18H23N5O2/c1-19-17(24)13-6-5-11-23(12-13)18-20-10-9-16(22-18)21-14-7-3-4-8-15(14)25-2/h3-4,7-10,13H,5-6,11-12H2,1-2H3,(H,19,24)(H,20,21,22). The molecule has 7 nitrogen and oxygen atoms in total. The van der Waals surface area contributed by atoms with Gasteiger partial charge >= 0.3 is 0 Å². The molecule has 1 aliphatic heterocycles. The molecule has 1 aromatic heterocycles. The first-order valence-electron chi connectivity index (χ1n) is 8.41. The molecule has 0 aliphatic carbocycles. The summed E-state index contributed by atoms with van der Waals surface area (Å²) in [6.45, 7) is 1.49. The van der Waals surface area contributed by atoms with Gasteiger partial charge in [-0.3, -0.25) is 4.79 Å². The summed E-state index contributed by atoms with van der Waals surface area (Å²) >= 11 is 0. The second-order valence-electron chi connectivity index (χ2n) is 5.97. The summed E-state index contributed by atoms with van der Waals surface area (Å²) in [6, 6.07) is 9.50. The monoisotopic (exact) mass is 341 g/mol. The van der Waals surface area contributed by atoms with Crippen LogP contribution in [0, 0.1) is 5.92 Å². The number of benzene rings is 1. The number of carbonyl (C=O) groups excluding carboxylic acids is 1. The lowest BCUT2D eigenvalue weighted by Gasteiger charge is -2.31. The van der Waals surface area contributed by atoms with Crippen molar-refractivity contribution in [3.05, 3.63) is 36.5 Å². The van der Waals surface area contributed by atoms with Gasteiger partial charge in [0, 0.05) is 26.3 Å². The summed E-state index contributed by atoms with van der Waals surface area (Å²) in [7, 11) is 3.31. The number of methoxy groups -OCH3 is 1. The van der Waals surface area contributed by atoms with Gasteiger partial charge in [-0.15, -0.1) is 0 Å². The Balaban J connectivity index is 1.76. The van der Waals surface area contributed by atoms with Gasteiger partial charge in [-0.05, 0) is 31.0 Å². The van der Waals surface area contributed by atoms with Crippen molar-refractivity contribution in [1.29, 1.82) is 0 Å². The summed E-state index contributed by atoms with van der Waals surface area (Å²) in [6.07, 6.45) is 3.57. The van der Waals surface area contributed by atoms with E-state index in [0.717, 1.165) is 30.8 Å². The lowest BCUT2D eigenvalue weighted by Crippen LogP contribution is -2.42. The molecule has 0 saturated carbocycles. The van der Waals surface area contributed by atoms with Crippen LogP contribution in [-0.4, -0.2) is 43.1 Å². The van der Waals surface area contributed by atoms with Crippen LogP contribution in [0.3, 0.4) is 0 Å². The van der Waals surface area contributed by atoms with Crippen molar-refractivity contribution in [2.75, 3.05) is 37.5 Å². The summed E-state index contributed by atoms with van der Waals surface area (Å²) in [5, 5.41) is 6.00. The molecule has 132 valence electrons. The molecule has 1 amide bonds. The Labute approximate surface area is 147 Å². The molecule has 2 N–H and O–H groups in total. The van der Waals surface area contributed by atoms with Gasteiger partial charge in [0.2, 0.25) is 11.9 Å². The fourth-order valence-corrected chi connectivity index (χ4v) is 3.03. The Kier molecular flexibility index (Phi) is 5.33. The van der Waals surface area contributed by atoms with E-state index >= 15 is 0 Å². The van der Waals surface area contributed by atoms with Crippen molar-refractivity contribution in [1.82, 2.24) is 15.3 Å². The Morgan fingerprint density at radius 1 is 1.32 bits per heavy atom. The second kappa shape index (κ2) is 7.83. The minimum Gasteiger partial charge on any atom is -0.495 e. The van der Waals surface area contributed by atoms with E-state index in [2.05, 4.69) is 25.5 Å². The van der Waals surface area contributed by atoms with E-state index in [1.165, 1.54) is 0 Å². The van der Waals surface area contributed by atoms with E-state index in [-0.39, 0.29) is 11.8 Å². The zero-order valence-corrected chi connectivity index (χ0v) is 14.5. The number of nitrogens with zero attached hydrogens (tertiary/aromatic N) is 3. The van der Waals surface area contributed by atoms with Crippen LogP contribution < -0.4 is 20.3 Å². The van der Waals surface area contributed by atoms with Crippen molar-refractivity contribution < 1.29 is 9.53 Å². The van der Waals surface area contributed by atoms with Gasteiger partial charge in [-0.2, -0.15) is 4.98 Å². The van der Waals surface area contributed by atoms with Crippen LogP contribution in [0.5, 0.6) is 5.75 Å². The van der Waals surface area contributed by atoms with Gasteiger partial charge in [0.05, 0.1) is 18.7 Å². The highest BCUT2D eigenvalue weighted by molar-refractivity contribution is 5.79. The lowest BCUT2D eigenvalue weighted by molar-refractivity contribution is -0.124. The molecule has 1 aliphatic rings. The van der Waals surface area contributed by atoms with Crippen LogP contribution in [0.15, 0.2) is 36.5 Å². The van der Waals surface area contributed by atoms with Crippen LogP contribution in [-0.2, 0) is 4.79 Å². The van der Waals surface area contributed by atoms with Crippen LogP contribution >= 0.6 is 0 Å². The maximum absolute atomic E-state index is 11.9. The van der Waals surface area contributed by atoms with Gasteiger partial charge in [0.25, 0.3) is 0 Å². The molecule has 2 aromatic rings. The van der Waals surface area contributed by atoms with Crippen molar-refractivity contribution >= 4 is 23.4 Å². The summed E-state index contributed by atoms with van der Waals surface area (Å²) in [5.41, 5.74) is 0.844. The fraction of sp³-hybridized carbons (Fsp3) is 0.389. The number of para-hydroxylation sites is 2. The molecule has 1 aromatic carbocycles. The first kappa shape index (κ1) is 17.0. The number of ether oxygens (including phenoxy) is 1. The number of rotatable bonds is 5. The van der Waals surface area contributed by atoms with E-state index in [9.17, 15) is 4.79 Å². The van der Waals surface area contributed by atoms with Crippen LogP contribution in [0.25, 0.3) is 0 Å². The van der Waals surface area contributed by atoms with Gasteiger partial charge in [0.1, 0.15) is 11.6 Å². The molecule has 2 heterocycles. The molecule has 1 atom stereocenters. The first-order valence-corrected chi connectivity index (χ1v) is 8.41. The van der Waals surface area contributed by atoms with Crippen LogP contribution in [0.4, 0.5) is 17.5 Å². The Morgan fingerprint density at radius 3 is 2.96 bits per heavy atom. The number of amides is 1. The Hall–Kier alpha value is -2.83. The van der Waals surface area contributed by atoms with E-state index in [1.54, 1.807) is 20.4 Å². The maximum Gasteiger partial charge on any atom is 0.227 e. The summed E-state index contributed by atoms with van der Waals surface area (Å²) in [4.78, 5) is 23.0. The molecule has 7 heteroatoms. The number of aromatic nitrogens is 2. The molecule has 25 heavy (non-hydrogen) atoms. The molecular formula is C18H23N5O2. The van der Waals surface area contributed by atoms with Gasteiger partial charge < -0.3 is 20.3 Å². The number of anilines is 3. The predicted octanol–water partition coefficient (Wildman–Crippen LogP) is 2.19. The molecule has 0 spiro atoms. The van der Waals surface area contributed by atoms with Crippen molar-refractivity contribution in [3.63, 3.8) is 0 Å². The normalized spacial score (nSPS) is 17.0. The van der Waals surface area contributed by atoms with E-state index < -0.39 is 0 Å². The lowest BCUT2D eigenvalue weighted by atomic mass is 9.97. The number of hydrogen-bond acceptors (Lipinski definition) is 6. The SMILES string of the molecule is CNC(=O)C1CCCN(c2nccc(Nc3ccccc3OC)n2)C1. The third kappa shape index (κ3) is 3.99. The summed E-state index contributed by atoms with van der Waals surface area (Å²) < 4.78 is 5.36. The minimum atomic E-state index is -0.0202. The molecule has 0 bridgehead atoms. The highest BCUT2D eigenvalue weighted by atomic mass is 16.5. The average molecular weight is 341 g/mol.